The van der Waals surface area contributed by atoms with E-state index in [4.69, 9.17) is 5.73 Å². The summed E-state index contributed by atoms with van der Waals surface area (Å²) in [6.45, 7) is 6.63. The van der Waals surface area contributed by atoms with Crippen molar-refractivity contribution in [3.05, 3.63) is 21.9 Å². The van der Waals surface area contributed by atoms with Crippen molar-refractivity contribution in [2.24, 2.45) is 11.1 Å². The molecule has 2 N–H and O–H groups in total. The number of aryl methyl sites for hydroxylation is 1. The van der Waals surface area contributed by atoms with Crippen molar-refractivity contribution in [2.75, 3.05) is 0 Å². The minimum Gasteiger partial charge on any atom is -0.321 e. The lowest BCUT2D eigenvalue weighted by Gasteiger charge is -2.14. The third kappa shape index (κ3) is 0.882. The van der Waals surface area contributed by atoms with Gasteiger partial charge in [-0.15, -0.1) is 0 Å². The molecule has 1 aromatic heterocycles. The highest BCUT2D eigenvalue weighted by molar-refractivity contribution is 7.08. The Hall–Kier alpha value is -0.340. The van der Waals surface area contributed by atoms with Crippen LogP contribution in [0, 0.1) is 12.3 Å². The van der Waals surface area contributed by atoms with Crippen molar-refractivity contribution in [3.8, 4) is 0 Å². The number of hydrogen-bond donors (Lipinski definition) is 1. The van der Waals surface area contributed by atoms with E-state index >= 15 is 0 Å². The highest BCUT2D eigenvalue weighted by Gasteiger charge is 2.60. The van der Waals surface area contributed by atoms with Gasteiger partial charge in [-0.1, -0.05) is 13.8 Å². The van der Waals surface area contributed by atoms with E-state index in [0.29, 0.717) is 5.41 Å². The topological polar surface area (TPSA) is 26.0 Å². The van der Waals surface area contributed by atoms with Crippen molar-refractivity contribution >= 4 is 11.3 Å². The van der Waals surface area contributed by atoms with E-state index in [-0.39, 0.29) is 5.54 Å². The van der Waals surface area contributed by atoms with E-state index in [1.165, 1.54) is 11.1 Å². The Kier molecular flexibility index (Phi) is 1.46. The van der Waals surface area contributed by atoms with Gasteiger partial charge in [-0.3, -0.25) is 0 Å². The Morgan fingerprint density at radius 1 is 1.42 bits per heavy atom. The Balaban J connectivity index is 2.40. The first kappa shape index (κ1) is 8.27. The van der Waals surface area contributed by atoms with Crippen molar-refractivity contribution in [1.29, 1.82) is 0 Å². The fourth-order valence-corrected chi connectivity index (χ4v) is 2.86. The molecule has 66 valence electrons. The normalized spacial score (nSPS) is 32.0. The summed E-state index contributed by atoms with van der Waals surface area (Å²) in [5.74, 6) is 0. The summed E-state index contributed by atoms with van der Waals surface area (Å²) >= 11 is 1.75. The van der Waals surface area contributed by atoms with Gasteiger partial charge in [0.05, 0.1) is 0 Å². The van der Waals surface area contributed by atoms with Crippen LogP contribution in [0.5, 0.6) is 0 Å². The zero-order valence-electron chi connectivity index (χ0n) is 7.85. The van der Waals surface area contributed by atoms with Gasteiger partial charge >= 0.3 is 0 Å². The molecule has 0 spiro atoms. The van der Waals surface area contributed by atoms with Crippen LogP contribution in [-0.4, -0.2) is 0 Å². The van der Waals surface area contributed by atoms with E-state index in [0.717, 1.165) is 6.42 Å². The number of hydrogen-bond acceptors (Lipinski definition) is 2. The molecule has 12 heavy (non-hydrogen) atoms. The predicted octanol–water partition coefficient (Wildman–Crippen LogP) is 2.64. The average Bonchev–Trinajstić information content (AvgIpc) is 2.36. The standard InChI is InChI=1S/C10H15NS/c1-7-4-12-5-8(7)10(11)6-9(10,2)3/h4-5H,6,11H2,1-3H3. The monoisotopic (exact) mass is 181 g/mol. The van der Waals surface area contributed by atoms with Crippen LogP contribution in [0.25, 0.3) is 0 Å². The highest BCUT2D eigenvalue weighted by Crippen LogP contribution is 2.61. The van der Waals surface area contributed by atoms with Crippen LogP contribution < -0.4 is 5.73 Å². The summed E-state index contributed by atoms with van der Waals surface area (Å²) in [7, 11) is 0. The second-order valence-corrected chi connectivity index (χ2v) is 5.24. The number of thiophene rings is 1. The molecule has 1 aliphatic rings. The second-order valence-electron chi connectivity index (χ2n) is 4.50. The number of rotatable bonds is 1. The van der Waals surface area contributed by atoms with Gasteiger partial charge in [0, 0.05) is 5.54 Å². The zero-order valence-corrected chi connectivity index (χ0v) is 8.66. The SMILES string of the molecule is Cc1cscc1C1(N)CC1(C)C. The predicted molar refractivity (Wildman–Crippen MR) is 53.3 cm³/mol. The summed E-state index contributed by atoms with van der Waals surface area (Å²) < 4.78 is 0. The molecule has 1 unspecified atom stereocenters. The lowest BCUT2D eigenvalue weighted by atomic mass is 9.97. The molecule has 1 fully saturated rings. The van der Waals surface area contributed by atoms with Crippen molar-refractivity contribution in [1.82, 2.24) is 0 Å². The van der Waals surface area contributed by atoms with Gasteiger partial charge in [-0.05, 0) is 40.6 Å². The molecule has 1 nitrogen and oxygen atoms in total. The van der Waals surface area contributed by atoms with E-state index in [1.54, 1.807) is 11.3 Å². The fourth-order valence-electron chi connectivity index (χ4n) is 1.93. The first-order chi connectivity index (χ1) is 5.47. The Labute approximate surface area is 77.6 Å². The zero-order chi connectivity index (χ0) is 8.98. The molecule has 1 aliphatic carbocycles. The van der Waals surface area contributed by atoms with Gasteiger partial charge < -0.3 is 5.73 Å². The minimum absolute atomic E-state index is 0.0307. The van der Waals surface area contributed by atoms with E-state index < -0.39 is 0 Å². The largest absolute Gasteiger partial charge is 0.321 e. The molecule has 0 saturated heterocycles. The van der Waals surface area contributed by atoms with E-state index in [2.05, 4.69) is 31.5 Å². The lowest BCUT2D eigenvalue weighted by Crippen LogP contribution is -2.25. The quantitative estimate of drug-likeness (QED) is 0.708. The van der Waals surface area contributed by atoms with Crippen molar-refractivity contribution < 1.29 is 0 Å². The first-order valence-electron chi connectivity index (χ1n) is 4.29. The molecule has 1 aromatic rings. The summed E-state index contributed by atoms with van der Waals surface area (Å²) in [4.78, 5) is 0. The van der Waals surface area contributed by atoms with Crippen LogP contribution >= 0.6 is 11.3 Å². The molecular formula is C10H15NS. The average molecular weight is 181 g/mol. The highest BCUT2D eigenvalue weighted by atomic mass is 32.1. The minimum atomic E-state index is -0.0307. The molecule has 0 radical (unpaired) electrons. The Bertz CT molecular complexity index is 313. The lowest BCUT2D eigenvalue weighted by molar-refractivity contribution is 0.509. The molecule has 1 atom stereocenters. The molecule has 0 aromatic carbocycles. The van der Waals surface area contributed by atoms with Gasteiger partial charge in [0.25, 0.3) is 0 Å². The molecular weight excluding hydrogens is 166 g/mol. The maximum absolute atomic E-state index is 6.30. The third-order valence-corrected chi connectivity index (χ3v) is 4.00. The maximum atomic E-state index is 6.30. The van der Waals surface area contributed by atoms with Gasteiger partial charge in [0.2, 0.25) is 0 Å². The summed E-state index contributed by atoms with van der Waals surface area (Å²) in [5, 5.41) is 4.38. The van der Waals surface area contributed by atoms with Gasteiger partial charge in [0.15, 0.2) is 0 Å². The van der Waals surface area contributed by atoms with Crippen molar-refractivity contribution in [3.63, 3.8) is 0 Å². The Morgan fingerprint density at radius 2 is 2.00 bits per heavy atom. The molecule has 2 heteroatoms. The van der Waals surface area contributed by atoms with Crippen LogP contribution in [-0.2, 0) is 5.54 Å². The van der Waals surface area contributed by atoms with Gasteiger partial charge in [-0.2, -0.15) is 11.3 Å². The molecule has 0 aliphatic heterocycles. The number of nitrogens with two attached hydrogens (primary N) is 1. The van der Waals surface area contributed by atoms with E-state index in [1.807, 2.05) is 0 Å². The summed E-state index contributed by atoms with van der Waals surface area (Å²) in [6, 6.07) is 0. The van der Waals surface area contributed by atoms with Crippen molar-refractivity contribution in [2.45, 2.75) is 32.7 Å². The summed E-state index contributed by atoms with van der Waals surface area (Å²) in [5.41, 5.74) is 9.28. The molecule has 1 heterocycles. The molecule has 1 saturated carbocycles. The van der Waals surface area contributed by atoms with Crippen LogP contribution in [0.3, 0.4) is 0 Å². The third-order valence-electron chi connectivity index (χ3n) is 3.14. The summed E-state index contributed by atoms with van der Waals surface area (Å²) in [6.07, 6.45) is 1.12. The van der Waals surface area contributed by atoms with Crippen LogP contribution in [0.15, 0.2) is 10.8 Å². The van der Waals surface area contributed by atoms with Crippen LogP contribution in [0.2, 0.25) is 0 Å². The molecule has 0 bridgehead atoms. The van der Waals surface area contributed by atoms with Gasteiger partial charge in [-0.25, -0.2) is 0 Å². The fraction of sp³-hybridized carbons (Fsp3) is 0.600. The molecule has 0 amide bonds. The second kappa shape index (κ2) is 2.12. The molecule has 2 rings (SSSR count). The Morgan fingerprint density at radius 3 is 2.33 bits per heavy atom. The maximum Gasteiger partial charge on any atom is 0.0479 e. The van der Waals surface area contributed by atoms with Gasteiger partial charge in [0.1, 0.15) is 0 Å². The first-order valence-corrected chi connectivity index (χ1v) is 5.24. The van der Waals surface area contributed by atoms with Crippen LogP contribution in [0.4, 0.5) is 0 Å². The van der Waals surface area contributed by atoms with Crippen LogP contribution in [0.1, 0.15) is 31.4 Å². The smallest absolute Gasteiger partial charge is 0.0479 e. The van der Waals surface area contributed by atoms with E-state index in [9.17, 15) is 0 Å².